The Bertz CT molecular complexity index is 324. The number of rotatable bonds is 1. The third kappa shape index (κ3) is 1.91. The van der Waals surface area contributed by atoms with Crippen molar-refractivity contribution in [3.8, 4) is 0 Å². The molecule has 0 saturated carbocycles. The Morgan fingerprint density at radius 1 is 1.36 bits per heavy atom. The van der Waals surface area contributed by atoms with Gasteiger partial charge in [0, 0.05) is 12.1 Å². The first-order valence-corrected chi connectivity index (χ1v) is 4.53. The fourth-order valence-electron chi connectivity index (χ4n) is 1.55. The van der Waals surface area contributed by atoms with E-state index < -0.39 is 11.6 Å². The number of hydrogen-bond donors (Lipinski definition) is 1. The number of morpholine rings is 1. The fourth-order valence-corrected chi connectivity index (χ4v) is 1.55. The molecule has 2 nitrogen and oxygen atoms in total. The maximum Gasteiger partial charge on any atom is 0.128 e. The van der Waals surface area contributed by atoms with Gasteiger partial charge in [-0.05, 0) is 18.2 Å². The lowest BCUT2D eigenvalue weighted by Gasteiger charge is -2.24. The van der Waals surface area contributed by atoms with Gasteiger partial charge in [0.2, 0.25) is 0 Å². The Labute approximate surface area is 80.9 Å². The van der Waals surface area contributed by atoms with E-state index in [4.69, 9.17) is 4.74 Å². The quantitative estimate of drug-likeness (QED) is 0.742. The molecule has 1 N–H and O–H groups in total. The molecule has 4 heteroatoms. The highest BCUT2D eigenvalue weighted by atomic mass is 19.1. The minimum atomic E-state index is -0.422. The van der Waals surface area contributed by atoms with Gasteiger partial charge in [-0.1, -0.05) is 0 Å². The average Bonchev–Trinajstić information content (AvgIpc) is 2.23. The molecule has 1 atom stereocenters. The lowest BCUT2D eigenvalue weighted by atomic mass is 10.1. The van der Waals surface area contributed by atoms with Crippen LogP contribution in [0.25, 0.3) is 0 Å². The van der Waals surface area contributed by atoms with E-state index in [1.165, 1.54) is 6.07 Å². The van der Waals surface area contributed by atoms with E-state index in [0.717, 1.165) is 12.1 Å². The van der Waals surface area contributed by atoms with Crippen molar-refractivity contribution in [3.63, 3.8) is 0 Å². The van der Waals surface area contributed by atoms with E-state index >= 15 is 0 Å². The molecular formula is C10H11F2NO. The van der Waals surface area contributed by atoms with Crippen LogP contribution in [-0.2, 0) is 4.74 Å². The number of ether oxygens (including phenoxy) is 1. The predicted molar refractivity (Wildman–Crippen MR) is 47.9 cm³/mol. The van der Waals surface area contributed by atoms with Crippen molar-refractivity contribution in [1.82, 2.24) is 5.32 Å². The van der Waals surface area contributed by atoms with E-state index in [0.29, 0.717) is 25.3 Å². The minimum absolute atomic E-state index is 0.237. The molecule has 0 amide bonds. The summed E-state index contributed by atoms with van der Waals surface area (Å²) < 4.78 is 31.3. The van der Waals surface area contributed by atoms with Gasteiger partial charge in [-0.15, -0.1) is 0 Å². The second kappa shape index (κ2) is 4.02. The summed E-state index contributed by atoms with van der Waals surface area (Å²) in [5, 5.41) is 3.07. The van der Waals surface area contributed by atoms with Gasteiger partial charge in [0.05, 0.1) is 19.3 Å². The van der Waals surface area contributed by atoms with Crippen LogP contribution >= 0.6 is 0 Å². The van der Waals surface area contributed by atoms with Crippen molar-refractivity contribution >= 4 is 0 Å². The van der Waals surface area contributed by atoms with Crippen LogP contribution in [0.15, 0.2) is 18.2 Å². The molecule has 76 valence electrons. The molecule has 0 spiro atoms. The molecule has 0 aromatic heterocycles. The van der Waals surface area contributed by atoms with Crippen molar-refractivity contribution in [1.29, 1.82) is 0 Å². The van der Waals surface area contributed by atoms with Crippen LogP contribution in [-0.4, -0.2) is 19.8 Å². The van der Waals surface area contributed by atoms with E-state index in [1.54, 1.807) is 0 Å². The molecule has 1 aliphatic heterocycles. The first-order chi connectivity index (χ1) is 6.77. The Morgan fingerprint density at radius 2 is 2.21 bits per heavy atom. The summed E-state index contributed by atoms with van der Waals surface area (Å²) in [7, 11) is 0. The lowest BCUT2D eigenvalue weighted by molar-refractivity contribution is 0.0756. The SMILES string of the molecule is Fc1ccc(F)c(C2COCCN2)c1. The highest BCUT2D eigenvalue weighted by molar-refractivity contribution is 5.22. The summed E-state index contributed by atoms with van der Waals surface area (Å²) in [6, 6.07) is 3.23. The summed E-state index contributed by atoms with van der Waals surface area (Å²) in [6.45, 7) is 1.68. The maximum absolute atomic E-state index is 13.3. The van der Waals surface area contributed by atoms with Gasteiger partial charge in [-0.2, -0.15) is 0 Å². The largest absolute Gasteiger partial charge is 0.378 e. The van der Waals surface area contributed by atoms with Crippen molar-refractivity contribution in [2.75, 3.05) is 19.8 Å². The summed E-state index contributed by atoms with van der Waals surface area (Å²) in [6.07, 6.45) is 0. The first-order valence-electron chi connectivity index (χ1n) is 4.53. The normalized spacial score (nSPS) is 22.3. The zero-order valence-electron chi connectivity index (χ0n) is 7.59. The highest BCUT2D eigenvalue weighted by Crippen LogP contribution is 2.20. The van der Waals surface area contributed by atoms with E-state index in [9.17, 15) is 8.78 Å². The summed E-state index contributed by atoms with van der Waals surface area (Å²) in [5.41, 5.74) is 0.338. The monoisotopic (exact) mass is 199 g/mol. The Hall–Kier alpha value is -1.00. The van der Waals surface area contributed by atoms with Gasteiger partial charge in [0.15, 0.2) is 0 Å². The van der Waals surface area contributed by atoms with Crippen molar-refractivity contribution in [3.05, 3.63) is 35.4 Å². The van der Waals surface area contributed by atoms with Crippen LogP contribution in [0.2, 0.25) is 0 Å². The highest BCUT2D eigenvalue weighted by Gasteiger charge is 2.18. The summed E-state index contributed by atoms with van der Waals surface area (Å²) >= 11 is 0. The number of halogens is 2. The topological polar surface area (TPSA) is 21.3 Å². The van der Waals surface area contributed by atoms with Crippen LogP contribution in [0, 0.1) is 11.6 Å². The summed E-state index contributed by atoms with van der Waals surface area (Å²) in [4.78, 5) is 0. The molecule has 14 heavy (non-hydrogen) atoms. The molecular weight excluding hydrogens is 188 g/mol. The number of nitrogens with one attached hydrogen (secondary N) is 1. The average molecular weight is 199 g/mol. The Balaban J connectivity index is 2.24. The zero-order chi connectivity index (χ0) is 9.97. The van der Waals surface area contributed by atoms with Gasteiger partial charge < -0.3 is 10.1 Å². The second-order valence-electron chi connectivity index (χ2n) is 3.25. The van der Waals surface area contributed by atoms with Crippen LogP contribution in [0.3, 0.4) is 0 Å². The number of benzene rings is 1. The number of hydrogen-bond acceptors (Lipinski definition) is 2. The minimum Gasteiger partial charge on any atom is -0.378 e. The van der Waals surface area contributed by atoms with E-state index in [2.05, 4.69) is 5.32 Å². The zero-order valence-corrected chi connectivity index (χ0v) is 7.59. The molecule has 1 unspecified atom stereocenters. The Morgan fingerprint density at radius 3 is 2.93 bits per heavy atom. The molecule has 0 bridgehead atoms. The predicted octanol–water partition coefficient (Wildman–Crippen LogP) is 1.63. The standard InChI is InChI=1S/C10H11F2NO/c11-7-1-2-9(12)8(5-7)10-6-14-4-3-13-10/h1-2,5,10,13H,3-4,6H2. The van der Waals surface area contributed by atoms with E-state index in [-0.39, 0.29) is 6.04 Å². The maximum atomic E-state index is 13.3. The van der Waals surface area contributed by atoms with Crippen LogP contribution in [0.1, 0.15) is 11.6 Å². The van der Waals surface area contributed by atoms with Crippen molar-refractivity contribution in [2.45, 2.75) is 6.04 Å². The molecule has 2 rings (SSSR count). The van der Waals surface area contributed by atoms with Gasteiger partial charge in [-0.25, -0.2) is 8.78 Å². The smallest absolute Gasteiger partial charge is 0.128 e. The van der Waals surface area contributed by atoms with Crippen LogP contribution in [0.4, 0.5) is 8.78 Å². The van der Waals surface area contributed by atoms with Crippen molar-refractivity contribution in [2.24, 2.45) is 0 Å². The third-order valence-corrected chi connectivity index (χ3v) is 2.26. The van der Waals surface area contributed by atoms with E-state index in [1.807, 2.05) is 0 Å². The molecule has 1 saturated heterocycles. The van der Waals surface area contributed by atoms with Crippen LogP contribution in [0.5, 0.6) is 0 Å². The van der Waals surface area contributed by atoms with Gasteiger partial charge in [0.25, 0.3) is 0 Å². The molecule has 1 fully saturated rings. The fraction of sp³-hybridized carbons (Fsp3) is 0.400. The summed E-state index contributed by atoms with van der Waals surface area (Å²) in [5.74, 6) is -0.817. The molecule has 1 aromatic rings. The lowest BCUT2D eigenvalue weighted by Crippen LogP contribution is -2.35. The molecule has 0 aliphatic carbocycles. The van der Waals surface area contributed by atoms with Gasteiger partial charge in [0.1, 0.15) is 11.6 Å². The second-order valence-corrected chi connectivity index (χ2v) is 3.25. The Kier molecular flexibility index (Phi) is 2.74. The molecule has 1 aliphatic rings. The van der Waals surface area contributed by atoms with Gasteiger partial charge in [-0.3, -0.25) is 0 Å². The molecule has 1 heterocycles. The van der Waals surface area contributed by atoms with Crippen LogP contribution < -0.4 is 5.32 Å². The molecule has 1 aromatic carbocycles. The third-order valence-electron chi connectivity index (χ3n) is 2.26. The van der Waals surface area contributed by atoms with Gasteiger partial charge >= 0.3 is 0 Å². The molecule has 0 radical (unpaired) electrons. The first kappa shape index (κ1) is 9.55. The van der Waals surface area contributed by atoms with Crippen molar-refractivity contribution < 1.29 is 13.5 Å².